The molecule has 2 aromatic carbocycles. The van der Waals surface area contributed by atoms with Gasteiger partial charge >= 0.3 is 5.69 Å². The van der Waals surface area contributed by atoms with Crippen molar-refractivity contribution in [1.82, 2.24) is 14.8 Å². The van der Waals surface area contributed by atoms with Gasteiger partial charge in [0.25, 0.3) is 5.91 Å². The zero-order valence-electron chi connectivity index (χ0n) is 12.7. The van der Waals surface area contributed by atoms with Crippen molar-refractivity contribution >= 4 is 21.6 Å². The third kappa shape index (κ3) is 3.65. The van der Waals surface area contributed by atoms with Crippen molar-refractivity contribution in [2.24, 2.45) is 5.14 Å². The standard InChI is InChI=1S/C15H13N5O4S/c16-25(23,24)12-8-6-10(7-9-12)17-14(21)13-18-15(22)20(19-13)11-4-2-1-3-5-11/h1-9H,(H,17,21)(H2,16,23,24)(H,18,19,22). The molecule has 128 valence electrons. The van der Waals surface area contributed by atoms with Crippen molar-refractivity contribution in [3.8, 4) is 5.69 Å². The minimum atomic E-state index is -3.81. The Kier molecular flexibility index (Phi) is 4.21. The van der Waals surface area contributed by atoms with Crippen molar-refractivity contribution in [3.05, 3.63) is 70.9 Å². The lowest BCUT2D eigenvalue weighted by molar-refractivity contribution is 0.101. The van der Waals surface area contributed by atoms with Gasteiger partial charge in [-0.05, 0) is 36.4 Å². The molecule has 0 spiro atoms. The summed E-state index contributed by atoms with van der Waals surface area (Å²) in [5, 5.41) is 11.5. The molecule has 0 radical (unpaired) electrons. The van der Waals surface area contributed by atoms with Crippen LogP contribution in [0.4, 0.5) is 5.69 Å². The topological polar surface area (TPSA) is 140 Å². The van der Waals surface area contributed by atoms with Crippen molar-refractivity contribution < 1.29 is 13.2 Å². The maximum Gasteiger partial charge on any atom is 0.348 e. The van der Waals surface area contributed by atoms with Crippen LogP contribution < -0.4 is 16.1 Å². The number of rotatable bonds is 4. The molecule has 0 aliphatic heterocycles. The van der Waals surface area contributed by atoms with E-state index >= 15 is 0 Å². The maximum absolute atomic E-state index is 12.2. The van der Waals surface area contributed by atoms with Crippen LogP contribution in [-0.2, 0) is 10.0 Å². The molecule has 1 amide bonds. The number of hydrogen-bond donors (Lipinski definition) is 3. The van der Waals surface area contributed by atoms with Gasteiger partial charge in [0.1, 0.15) is 0 Å². The third-order valence-electron chi connectivity index (χ3n) is 3.27. The summed E-state index contributed by atoms with van der Waals surface area (Å²) >= 11 is 0. The number of aromatic amines is 1. The minimum absolute atomic E-state index is 0.0766. The number of amides is 1. The molecule has 25 heavy (non-hydrogen) atoms. The number of carbonyl (C=O) groups excluding carboxylic acids is 1. The summed E-state index contributed by atoms with van der Waals surface area (Å²) < 4.78 is 23.5. The van der Waals surface area contributed by atoms with Crippen LogP contribution in [0.1, 0.15) is 10.6 Å². The van der Waals surface area contributed by atoms with Gasteiger partial charge in [0.05, 0.1) is 10.6 Å². The number of nitrogens with zero attached hydrogens (tertiary/aromatic N) is 2. The highest BCUT2D eigenvalue weighted by molar-refractivity contribution is 7.89. The number of anilines is 1. The Hall–Kier alpha value is -3.24. The quantitative estimate of drug-likeness (QED) is 0.621. The summed E-state index contributed by atoms with van der Waals surface area (Å²) in [5.41, 5.74) is 0.286. The van der Waals surface area contributed by atoms with Crippen LogP contribution in [0.2, 0.25) is 0 Å². The largest absolute Gasteiger partial charge is 0.348 e. The first-order valence-corrected chi connectivity index (χ1v) is 8.58. The van der Waals surface area contributed by atoms with Gasteiger partial charge in [0, 0.05) is 5.69 Å². The molecule has 0 atom stereocenters. The number of aromatic nitrogens is 3. The summed E-state index contributed by atoms with van der Waals surface area (Å²) in [7, 11) is -3.81. The SMILES string of the molecule is NS(=O)(=O)c1ccc(NC(=O)c2nn(-c3ccccc3)c(=O)[nH]2)cc1. The molecule has 0 unspecified atom stereocenters. The van der Waals surface area contributed by atoms with Crippen LogP contribution in [0.15, 0.2) is 64.3 Å². The predicted molar refractivity (Wildman–Crippen MR) is 90.0 cm³/mol. The fourth-order valence-corrected chi connectivity index (χ4v) is 2.60. The van der Waals surface area contributed by atoms with E-state index in [1.165, 1.54) is 24.3 Å². The summed E-state index contributed by atoms with van der Waals surface area (Å²) in [4.78, 5) is 26.4. The third-order valence-corrected chi connectivity index (χ3v) is 4.20. The van der Waals surface area contributed by atoms with Crippen LogP contribution >= 0.6 is 0 Å². The monoisotopic (exact) mass is 359 g/mol. The number of nitrogens with two attached hydrogens (primary N) is 1. The molecular formula is C15H13N5O4S. The van der Waals surface area contributed by atoms with Gasteiger partial charge in [0.2, 0.25) is 15.8 Å². The van der Waals surface area contributed by atoms with Crippen molar-refractivity contribution in [2.75, 3.05) is 5.32 Å². The number of hydrogen-bond acceptors (Lipinski definition) is 5. The molecule has 0 saturated heterocycles. The molecular weight excluding hydrogens is 346 g/mol. The molecule has 10 heteroatoms. The summed E-state index contributed by atoms with van der Waals surface area (Å²) in [6.07, 6.45) is 0. The Labute approximate surface area is 142 Å². The lowest BCUT2D eigenvalue weighted by atomic mass is 10.3. The molecule has 0 aliphatic rings. The Morgan fingerprint density at radius 2 is 1.72 bits per heavy atom. The van der Waals surface area contributed by atoms with Gasteiger partial charge < -0.3 is 5.32 Å². The molecule has 4 N–H and O–H groups in total. The number of primary sulfonamides is 1. The van der Waals surface area contributed by atoms with E-state index in [1.807, 2.05) is 0 Å². The van der Waals surface area contributed by atoms with Crippen LogP contribution in [-0.4, -0.2) is 29.1 Å². The number of nitrogens with one attached hydrogen (secondary N) is 2. The van der Waals surface area contributed by atoms with E-state index in [2.05, 4.69) is 15.4 Å². The van der Waals surface area contributed by atoms with Gasteiger partial charge in [-0.25, -0.2) is 18.4 Å². The first-order chi connectivity index (χ1) is 11.8. The second-order valence-electron chi connectivity index (χ2n) is 5.05. The fourth-order valence-electron chi connectivity index (χ4n) is 2.09. The van der Waals surface area contributed by atoms with E-state index in [-0.39, 0.29) is 10.7 Å². The van der Waals surface area contributed by atoms with Gasteiger partial charge in [-0.2, -0.15) is 4.68 Å². The first kappa shape index (κ1) is 16.6. The fraction of sp³-hybridized carbons (Fsp3) is 0. The van der Waals surface area contributed by atoms with E-state index in [0.717, 1.165) is 4.68 Å². The molecule has 1 aromatic heterocycles. The molecule has 9 nitrogen and oxygen atoms in total. The summed E-state index contributed by atoms with van der Waals surface area (Å²) in [6.45, 7) is 0. The smallest absolute Gasteiger partial charge is 0.319 e. The van der Waals surface area contributed by atoms with Gasteiger partial charge in [0.15, 0.2) is 0 Å². The average Bonchev–Trinajstić information content (AvgIpc) is 2.97. The number of carbonyl (C=O) groups is 1. The number of para-hydroxylation sites is 1. The highest BCUT2D eigenvalue weighted by atomic mass is 32.2. The maximum atomic E-state index is 12.2. The van der Waals surface area contributed by atoms with Gasteiger partial charge in [-0.3, -0.25) is 9.78 Å². The van der Waals surface area contributed by atoms with Gasteiger partial charge in [-0.15, -0.1) is 5.10 Å². The zero-order valence-corrected chi connectivity index (χ0v) is 13.5. The average molecular weight is 359 g/mol. The predicted octanol–water partition coefficient (Wildman–Crippen LogP) is 0.460. The lowest BCUT2D eigenvalue weighted by Crippen LogP contribution is -2.16. The number of sulfonamides is 1. The van der Waals surface area contributed by atoms with E-state index in [1.54, 1.807) is 30.3 Å². The molecule has 3 aromatic rings. The Morgan fingerprint density at radius 1 is 1.08 bits per heavy atom. The van der Waals surface area contributed by atoms with E-state index in [0.29, 0.717) is 11.4 Å². The lowest BCUT2D eigenvalue weighted by Gasteiger charge is -2.04. The molecule has 0 saturated carbocycles. The van der Waals surface area contributed by atoms with Crippen molar-refractivity contribution in [3.63, 3.8) is 0 Å². The molecule has 0 fully saturated rings. The van der Waals surface area contributed by atoms with Crippen LogP contribution in [0.25, 0.3) is 5.69 Å². The second kappa shape index (κ2) is 6.34. The molecule has 1 heterocycles. The second-order valence-corrected chi connectivity index (χ2v) is 6.61. The normalized spacial score (nSPS) is 11.2. The minimum Gasteiger partial charge on any atom is -0.319 e. The highest BCUT2D eigenvalue weighted by Gasteiger charge is 2.15. The summed E-state index contributed by atoms with van der Waals surface area (Å²) in [6, 6.07) is 13.9. The highest BCUT2D eigenvalue weighted by Crippen LogP contribution is 2.13. The van der Waals surface area contributed by atoms with Crippen LogP contribution in [0.3, 0.4) is 0 Å². The van der Waals surface area contributed by atoms with E-state index in [9.17, 15) is 18.0 Å². The van der Waals surface area contributed by atoms with Crippen LogP contribution in [0.5, 0.6) is 0 Å². The first-order valence-electron chi connectivity index (χ1n) is 7.03. The Balaban J connectivity index is 1.82. The van der Waals surface area contributed by atoms with Crippen molar-refractivity contribution in [2.45, 2.75) is 4.90 Å². The van der Waals surface area contributed by atoms with E-state index < -0.39 is 21.6 Å². The summed E-state index contributed by atoms with van der Waals surface area (Å²) in [5.74, 6) is -0.820. The van der Waals surface area contributed by atoms with E-state index in [4.69, 9.17) is 5.14 Å². The number of H-pyrrole nitrogens is 1. The Bertz CT molecular complexity index is 1070. The Morgan fingerprint density at radius 3 is 2.32 bits per heavy atom. The van der Waals surface area contributed by atoms with Crippen molar-refractivity contribution in [1.29, 1.82) is 0 Å². The number of benzene rings is 2. The molecule has 0 bridgehead atoms. The van der Waals surface area contributed by atoms with Gasteiger partial charge in [-0.1, -0.05) is 18.2 Å². The van der Waals surface area contributed by atoms with Crippen LogP contribution in [0, 0.1) is 0 Å². The molecule has 0 aliphatic carbocycles. The molecule has 3 rings (SSSR count). The zero-order chi connectivity index (χ0) is 18.0.